The Labute approximate surface area is 228 Å². The maximum Gasteiger partial charge on any atom is 0.125 e. The maximum absolute atomic E-state index is 6.33. The van der Waals surface area contributed by atoms with Crippen molar-refractivity contribution < 1.29 is 0 Å². The second-order valence-corrected chi connectivity index (χ2v) is 10.7. The van der Waals surface area contributed by atoms with Crippen LogP contribution in [0.1, 0.15) is 75.3 Å². The van der Waals surface area contributed by atoms with Crippen molar-refractivity contribution >= 4 is 35.5 Å². The van der Waals surface area contributed by atoms with Crippen molar-refractivity contribution in [1.29, 1.82) is 0 Å². The fourth-order valence-corrected chi connectivity index (χ4v) is 5.87. The second kappa shape index (κ2) is 13.2. The van der Waals surface area contributed by atoms with Gasteiger partial charge in [-0.1, -0.05) is 38.5 Å². The fourth-order valence-electron chi connectivity index (χ4n) is 5.87. The Morgan fingerprint density at radius 3 is 1.19 bits per heavy atom. The first-order valence-corrected chi connectivity index (χ1v) is 14.0. The second-order valence-electron chi connectivity index (χ2n) is 10.7. The molecule has 0 unspecified atom stereocenters. The van der Waals surface area contributed by atoms with Crippen LogP contribution in [-0.2, 0) is 0 Å². The molecule has 3 fully saturated rings. The van der Waals surface area contributed by atoms with Gasteiger partial charge in [0.05, 0.1) is 12.1 Å². The van der Waals surface area contributed by atoms with E-state index in [2.05, 4.69) is 58.3 Å². The first-order valence-electron chi connectivity index (χ1n) is 14.0. The SMILES string of the molecule is Cl.NC(=NC1CCCCC1)c1ccc(N2CCN(c3ccc(C(N)=NC4CCCCC4)cc3)CC2)cc1. The van der Waals surface area contributed by atoms with Crippen molar-refractivity contribution in [3.8, 4) is 0 Å². The number of rotatable bonds is 6. The zero-order chi connectivity index (χ0) is 24.7. The number of benzene rings is 2. The lowest BCUT2D eigenvalue weighted by Gasteiger charge is -2.37. The highest BCUT2D eigenvalue weighted by molar-refractivity contribution is 5.98. The fraction of sp³-hybridized carbons (Fsp3) is 0.533. The summed E-state index contributed by atoms with van der Waals surface area (Å²) < 4.78 is 0. The zero-order valence-electron chi connectivity index (χ0n) is 22.0. The molecule has 2 aliphatic carbocycles. The lowest BCUT2D eigenvalue weighted by Crippen LogP contribution is -2.46. The number of anilines is 2. The molecule has 0 aromatic heterocycles. The molecule has 0 bridgehead atoms. The molecule has 0 radical (unpaired) electrons. The van der Waals surface area contributed by atoms with Crippen LogP contribution in [0.3, 0.4) is 0 Å². The minimum atomic E-state index is 0. The van der Waals surface area contributed by atoms with Gasteiger partial charge in [0.1, 0.15) is 11.7 Å². The smallest absolute Gasteiger partial charge is 0.125 e. The van der Waals surface area contributed by atoms with Gasteiger partial charge >= 0.3 is 0 Å². The summed E-state index contributed by atoms with van der Waals surface area (Å²) in [6.07, 6.45) is 12.5. The number of nitrogens with two attached hydrogens (primary N) is 2. The van der Waals surface area contributed by atoms with Gasteiger partial charge in [0.2, 0.25) is 0 Å². The summed E-state index contributed by atoms with van der Waals surface area (Å²) in [5.74, 6) is 1.37. The summed E-state index contributed by atoms with van der Waals surface area (Å²) in [6.45, 7) is 3.99. The zero-order valence-corrected chi connectivity index (χ0v) is 22.8. The third-order valence-electron chi connectivity index (χ3n) is 8.13. The van der Waals surface area contributed by atoms with Gasteiger partial charge in [-0.15, -0.1) is 12.4 Å². The molecule has 5 rings (SSSR count). The monoisotopic (exact) mass is 522 g/mol. The first kappa shape index (κ1) is 27.3. The van der Waals surface area contributed by atoms with E-state index < -0.39 is 0 Å². The van der Waals surface area contributed by atoms with Crippen molar-refractivity contribution in [3.63, 3.8) is 0 Å². The van der Waals surface area contributed by atoms with Crippen molar-refractivity contribution in [2.75, 3.05) is 36.0 Å². The van der Waals surface area contributed by atoms with Crippen molar-refractivity contribution in [2.45, 2.75) is 76.3 Å². The predicted octanol–water partition coefficient (Wildman–Crippen LogP) is 5.51. The predicted molar refractivity (Wildman–Crippen MR) is 160 cm³/mol. The number of amidine groups is 2. The third-order valence-corrected chi connectivity index (χ3v) is 8.13. The molecule has 1 aliphatic heterocycles. The van der Waals surface area contributed by atoms with E-state index >= 15 is 0 Å². The average molecular weight is 523 g/mol. The highest BCUT2D eigenvalue weighted by Gasteiger charge is 2.19. The van der Waals surface area contributed by atoms with Gasteiger partial charge < -0.3 is 21.3 Å². The molecule has 0 spiro atoms. The van der Waals surface area contributed by atoms with Crippen molar-refractivity contribution in [2.24, 2.45) is 21.5 Å². The van der Waals surface area contributed by atoms with Crippen LogP contribution < -0.4 is 21.3 Å². The Bertz CT molecular complexity index is 943. The van der Waals surface area contributed by atoms with Crippen molar-refractivity contribution in [1.82, 2.24) is 0 Å². The third kappa shape index (κ3) is 7.19. The van der Waals surface area contributed by atoms with Crippen LogP contribution >= 0.6 is 12.4 Å². The molecule has 7 heteroatoms. The molecule has 37 heavy (non-hydrogen) atoms. The molecule has 3 aliphatic rings. The highest BCUT2D eigenvalue weighted by Crippen LogP contribution is 2.24. The Balaban J connectivity index is 0.00000320. The van der Waals surface area contributed by atoms with Gasteiger partial charge in [-0.2, -0.15) is 0 Å². The summed E-state index contributed by atoms with van der Waals surface area (Å²) in [4.78, 5) is 14.5. The number of hydrogen-bond donors (Lipinski definition) is 2. The summed E-state index contributed by atoms with van der Waals surface area (Å²) in [5, 5.41) is 0. The van der Waals surface area contributed by atoms with Gasteiger partial charge in [0, 0.05) is 48.7 Å². The van der Waals surface area contributed by atoms with Crippen LogP contribution in [0.5, 0.6) is 0 Å². The molecule has 0 amide bonds. The lowest BCUT2D eigenvalue weighted by atomic mass is 9.96. The van der Waals surface area contributed by atoms with E-state index in [1.807, 2.05) is 0 Å². The molecule has 2 aromatic carbocycles. The van der Waals surface area contributed by atoms with E-state index in [1.165, 1.54) is 75.6 Å². The first-order chi connectivity index (χ1) is 17.7. The van der Waals surface area contributed by atoms with Gasteiger partial charge in [0.25, 0.3) is 0 Å². The molecule has 2 saturated carbocycles. The van der Waals surface area contributed by atoms with Crippen LogP contribution in [0.4, 0.5) is 11.4 Å². The molecule has 2 aromatic rings. The Hall–Kier alpha value is -2.73. The van der Waals surface area contributed by atoms with Gasteiger partial charge in [0.15, 0.2) is 0 Å². The standard InChI is InChI=1S/C30H42N6.ClH/c31-29(33-25-7-3-1-4-8-25)23-11-15-27(16-12-23)35-19-21-36(22-20-35)28-17-13-24(14-18-28)30(32)34-26-9-5-2-6-10-26;/h11-18,25-26H,1-10,19-22H2,(H2,31,33)(H2,32,34);1H. The number of piperazine rings is 1. The van der Waals surface area contributed by atoms with Crippen LogP contribution in [0.25, 0.3) is 0 Å². The molecule has 0 atom stereocenters. The normalized spacial score (nSPS) is 20.5. The minimum absolute atomic E-state index is 0. The van der Waals surface area contributed by atoms with E-state index in [4.69, 9.17) is 21.5 Å². The quantitative estimate of drug-likeness (QED) is 0.387. The Kier molecular flexibility index (Phi) is 9.73. The summed E-state index contributed by atoms with van der Waals surface area (Å²) in [6, 6.07) is 18.1. The molecule has 6 nitrogen and oxygen atoms in total. The minimum Gasteiger partial charge on any atom is -0.383 e. The number of nitrogens with zero attached hydrogens (tertiary/aromatic N) is 4. The van der Waals surface area contributed by atoms with Gasteiger partial charge in [-0.25, -0.2) is 0 Å². The molecule has 1 saturated heterocycles. The average Bonchev–Trinajstić information content (AvgIpc) is 2.94. The van der Waals surface area contributed by atoms with Crippen LogP contribution in [0, 0.1) is 0 Å². The van der Waals surface area contributed by atoms with Crippen LogP contribution in [0.15, 0.2) is 58.5 Å². The Morgan fingerprint density at radius 1 is 0.541 bits per heavy atom. The Morgan fingerprint density at radius 2 is 0.865 bits per heavy atom. The largest absolute Gasteiger partial charge is 0.383 e. The molecular formula is C30H43ClN6. The molecule has 4 N–H and O–H groups in total. The van der Waals surface area contributed by atoms with E-state index in [1.54, 1.807) is 0 Å². The molecule has 1 heterocycles. The van der Waals surface area contributed by atoms with E-state index in [0.717, 1.165) is 37.3 Å². The number of hydrogen-bond acceptors (Lipinski definition) is 4. The van der Waals surface area contributed by atoms with Crippen molar-refractivity contribution in [3.05, 3.63) is 59.7 Å². The maximum atomic E-state index is 6.33. The number of aliphatic imine (C=N–C) groups is 2. The van der Waals surface area contributed by atoms with Gasteiger partial charge in [-0.3, -0.25) is 9.98 Å². The van der Waals surface area contributed by atoms with Crippen LogP contribution in [-0.4, -0.2) is 49.9 Å². The van der Waals surface area contributed by atoms with E-state index in [9.17, 15) is 0 Å². The summed E-state index contributed by atoms with van der Waals surface area (Å²) in [5.41, 5.74) is 17.2. The summed E-state index contributed by atoms with van der Waals surface area (Å²) >= 11 is 0. The summed E-state index contributed by atoms with van der Waals surface area (Å²) in [7, 11) is 0. The highest BCUT2D eigenvalue weighted by atomic mass is 35.5. The van der Waals surface area contributed by atoms with E-state index in [-0.39, 0.29) is 12.4 Å². The van der Waals surface area contributed by atoms with E-state index in [0.29, 0.717) is 23.8 Å². The lowest BCUT2D eigenvalue weighted by molar-refractivity contribution is 0.443. The van der Waals surface area contributed by atoms with Crippen LogP contribution in [0.2, 0.25) is 0 Å². The molecular weight excluding hydrogens is 480 g/mol. The number of halogens is 1. The van der Waals surface area contributed by atoms with Gasteiger partial charge in [-0.05, 0) is 74.2 Å². The molecule has 200 valence electrons. The topological polar surface area (TPSA) is 83.2 Å².